The second kappa shape index (κ2) is 14.2. The van der Waals surface area contributed by atoms with Gasteiger partial charge in [-0.05, 0) is 61.2 Å². The molecule has 2 aromatic heterocycles. The monoisotopic (exact) mass is 639 g/mol. The fraction of sp³-hybridized carbons (Fsp3) is 0.314. The number of ether oxygens (including phenoxy) is 2. The number of nitrogens with zero attached hydrogens (tertiary/aromatic N) is 1. The van der Waals surface area contributed by atoms with Gasteiger partial charge in [-0.15, -0.1) is 11.3 Å². The van der Waals surface area contributed by atoms with E-state index in [4.69, 9.17) is 9.47 Å². The molecule has 46 heavy (non-hydrogen) atoms. The summed E-state index contributed by atoms with van der Waals surface area (Å²) in [5, 5.41) is 10.5. The molecule has 4 N–H and O–H groups in total. The minimum atomic E-state index is -0.953. The topological polar surface area (TPSA) is 134 Å². The van der Waals surface area contributed by atoms with Gasteiger partial charge in [-0.3, -0.25) is 14.4 Å². The standard InChI is InChI=1S/C35H37N5O5S/c1-44-20-29-22(15-16-36-29)18-26(32(41)35-40-25-11-6-7-14-31(25)46-35)38-33(42)27(17-21-9-4-3-5-10-21)39-34(43)28-19-23-24(37-28)12-8-13-30(23)45-2/h3-14,19,22,26-27,29,36-37H,15-18,20H2,1-2H3,(H,38,42)(H,39,43)/t22?,26-,27-,29?/m0/s1. The SMILES string of the molecule is COCC1NCCC1C[C@H](NC(=O)[C@H](Cc1ccccc1)NC(=O)c1cc2c(OC)cccc2[nH]1)C(=O)c1nc2ccccc2s1. The number of fused-ring (bicyclic) bond motifs is 2. The van der Waals surface area contributed by atoms with Crippen LogP contribution >= 0.6 is 11.3 Å². The molecule has 1 aliphatic heterocycles. The van der Waals surface area contributed by atoms with E-state index in [0.29, 0.717) is 29.5 Å². The number of thiazole rings is 1. The van der Waals surface area contributed by atoms with Crippen molar-refractivity contribution in [3.8, 4) is 5.75 Å². The average molecular weight is 640 g/mol. The highest BCUT2D eigenvalue weighted by Gasteiger charge is 2.35. The third-order valence-electron chi connectivity index (χ3n) is 8.51. The number of aromatic nitrogens is 2. The van der Waals surface area contributed by atoms with E-state index in [2.05, 4.69) is 25.9 Å². The molecule has 1 saturated heterocycles. The Kier molecular flexibility index (Phi) is 9.72. The molecule has 2 amide bonds. The van der Waals surface area contributed by atoms with E-state index >= 15 is 0 Å². The first kappa shape index (κ1) is 31.4. The Labute approximate surface area is 270 Å². The second-order valence-electron chi connectivity index (χ2n) is 11.5. The number of H-pyrrole nitrogens is 1. The number of carbonyl (C=O) groups excluding carboxylic acids is 3. The third-order valence-corrected chi connectivity index (χ3v) is 9.56. The molecule has 3 aromatic carbocycles. The number of carbonyl (C=O) groups is 3. The van der Waals surface area contributed by atoms with Crippen LogP contribution in [0.25, 0.3) is 21.1 Å². The molecule has 4 atom stereocenters. The average Bonchev–Trinajstić information content (AvgIpc) is 3.83. The van der Waals surface area contributed by atoms with Gasteiger partial charge in [0.2, 0.25) is 11.7 Å². The van der Waals surface area contributed by atoms with Gasteiger partial charge in [-0.25, -0.2) is 4.98 Å². The summed E-state index contributed by atoms with van der Waals surface area (Å²) >= 11 is 1.32. The number of Topliss-reactive ketones (excluding diaryl/α,β-unsaturated/α-hetero) is 1. The zero-order chi connectivity index (χ0) is 32.0. The van der Waals surface area contributed by atoms with Gasteiger partial charge in [-0.2, -0.15) is 0 Å². The Morgan fingerprint density at radius 2 is 1.78 bits per heavy atom. The van der Waals surface area contributed by atoms with Crippen LogP contribution in [0.5, 0.6) is 5.75 Å². The summed E-state index contributed by atoms with van der Waals surface area (Å²) < 4.78 is 11.8. The number of hydrogen-bond acceptors (Lipinski definition) is 8. The van der Waals surface area contributed by atoms with Gasteiger partial charge >= 0.3 is 0 Å². The lowest BCUT2D eigenvalue weighted by Crippen LogP contribution is -2.53. The van der Waals surface area contributed by atoms with Crippen LogP contribution < -0.4 is 20.7 Å². The van der Waals surface area contributed by atoms with Crippen molar-refractivity contribution in [3.05, 3.63) is 95.1 Å². The van der Waals surface area contributed by atoms with Crippen molar-refractivity contribution in [1.29, 1.82) is 0 Å². The maximum Gasteiger partial charge on any atom is 0.268 e. The highest BCUT2D eigenvalue weighted by molar-refractivity contribution is 7.20. The van der Waals surface area contributed by atoms with Crippen LogP contribution in [0.4, 0.5) is 0 Å². The first-order chi connectivity index (χ1) is 22.4. The summed E-state index contributed by atoms with van der Waals surface area (Å²) in [6, 6.07) is 22.6. The van der Waals surface area contributed by atoms with Gasteiger partial charge in [0.25, 0.3) is 5.91 Å². The van der Waals surface area contributed by atoms with Gasteiger partial charge in [0.05, 0.1) is 30.0 Å². The Balaban J connectivity index is 1.28. The summed E-state index contributed by atoms with van der Waals surface area (Å²) in [4.78, 5) is 49.5. The van der Waals surface area contributed by atoms with Crippen LogP contribution in [0.15, 0.2) is 78.9 Å². The summed E-state index contributed by atoms with van der Waals surface area (Å²) in [5.74, 6) is -0.393. The van der Waals surface area contributed by atoms with Crippen molar-refractivity contribution in [1.82, 2.24) is 25.9 Å². The number of amides is 2. The number of para-hydroxylation sites is 1. The summed E-state index contributed by atoms with van der Waals surface area (Å²) in [6.07, 6.45) is 1.50. The Morgan fingerprint density at radius 1 is 0.978 bits per heavy atom. The fourth-order valence-electron chi connectivity index (χ4n) is 6.13. The van der Waals surface area contributed by atoms with Crippen LogP contribution in [0, 0.1) is 5.92 Å². The normalized spacial score (nSPS) is 17.5. The van der Waals surface area contributed by atoms with E-state index in [0.717, 1.165) is 39.6 Å². The first-order valence-electron chi connectivity index (χ1n) is 15.4. The lowest BCUT2D eigenvalue weighted by atomic mass is 9.91. The molecule has 0 spiro atoms. The molecule has 0 radical (unpaired) electrons. The van der Waals surface area contributed by atoms with Crippen molar-refractivity contribution < 1.29 is 23.9 Å². The maximum atomic E-state index is 14.1. The summed E-state index contributed by atoms with van der Waals surface area (Å²) in [5.41, 5.74) is 2.65. The van der Waals surface area contributed by atoms with Gasteiger partial charge in [0.1, 0.15) is 17.5 Å². The maximum absolute atomic E-state index is 14.1. The Bertz CT molecular complexity index is 1800. The van der Waals surface area contributed by atoms with Crippen molar-refractivity contribution in [2.75, 3.05) is 27.4 Å². The second-order valence-corrected chi connectivity index (χ2v) is 12.6. The van der Waals surface area contributed by atoms with Gasteiger partial charge in [-0.1, -0.05) is 48.5 Å². The molecule has 0 aliphatic carbocycles. The van der Waals surface area contributed by atoms with Crippen LogP contribution in [0.1, 0.15) is 38.7 Å². The molecule has 238 valence electrons. The highest BCUT2D eigenvalue weighted by Crippen LogP contribution is 2.28. The van der Waals surface area contributed by atoms with E-state index in [9.17, 15) is 14.4 Å². The van der Waals surface area contributed by atoms with E-state index in [1.165, 1.54) is 11.3 Å². The van der Waals surface area contributed by atoms with Gasteiger partial charge in [0, 0.05) is 30.5 Å². The molecular weight excluding hydrogens is 602 g/mol. The largest absolute Gasteiger partial charge is 0.496 e. The highest BCUT2D eigenvalue weighted by atomic mass is 32.1. The van der Waals surface area contributed by atoms with E-state index in [-0.39, 0.29) is 24.2 Å². The molecule has 3 heterocycles. The zero-order valence-corrected chi connectivity index (χ0v) is 26.6. The van der Waals surface area contributed by atoms with Crippen LogP contribution in [-0.2, 0) is 16.0 Å². The fourth-order valence-corrected chi connectivity index (χ4v) is 7.09. The smallest absolute Gasteiger partial charge is 0.268 e. The number of nitrogens with one attached hydrogen (secondary N) is 4. The zero-order valence-electron chi connectivity index (χ0n) is 25.7. The van der Waals surface area contributed by atoms with Gasteiger partial charge < -0.3 is 30.4 Å². The van der Waals surface area contributed by atoms with E-state index in [1.54, 1.807) is 20.3 Å². The first-order valence-corrected chi connectivity index (χ1v) is 16.2. The minimum Gasteiger partial charge on any atom is -0.496 e. The molecule has 1 aliphatic rings. The number of hydrogen-bond donors (Lipinski definition) is 4. The van der Waals surface area contributed by atoms with Gasteiger partial charge in [0.15, 0.2) is 5.01 Å². The number of aromatic amines is 1. The molecule has 0 saturated carbocycles. The van der Waals surface area contributed by atoms with Crippen molar-refractivity contribution >= 4 is 50.1 Å². The van der Waals surface area contributed by atoms with Crippen molar-refractivity contribution in [2.24, 2.45) is 5.92 Å². The Hall–Kier alpha value is -4.58. The number of methoxy groups -OCH3 is 2. The third kappa shape index (κ3) is 6.96. The molecule has 0 bridgehead atoms. The van der Waals surface area contributed by atoms with E-state index < -0.39 is 23.9 Å². The molecule has 11 heteroatoms. The summed E-state index contributed by atoms with van der Waals surface area (Å²) in [7, 11) is 3.23. The van der Waals surface area contributed by atoms with Crippen LogP contribution in [0.2, 0.25) is 0 Å². The number of ketones is 1. The molecule has 6 rings (SSSR count). The van der Waals surface area contributed by atoms with Crippen molar-refractivity contribution in [2.45, 2.75) is 37.4 Å². The van der Waals surface area contributed by atoms with E-state index in [1.807, 2.05) is 72.8 Å². The summed E-state index contributed by atoms with van der Waals surface area (Å²) in [6.45, 7) is 1.30. The minimum absolute atomic E-state index is 0.0615. The molecule has 1 fully saturated rings. The van der Waals surface area contributed by atoms with Crippen LogP contribution in [0.3, 0.4) is 0 Å². The molecule has 2 unspecified atom stereocenters. The quantitative estimate of drug-likeness (QED) is 0.139. The predicted molar refractivity (Wildman–Crippen MR) is 179 cm³/mol. The predicted octanol–water partition coefficient (Wildman–Crippen LogP) is 4.51. The lowest BCUT2D eigenvalue weighted by molar-refractivity contribution is -0.123. The molecular formula is C35H37N5O5S. The van der Waals surface area contributed by atoms with Crippen molar-refractivity contribution in [3.63, 3.8) is 0 Å². The number of rotatable bonds is 13. The molecule has 5 aromatic rings. The molecule has 10 nitrogen and oxygen atoms in total. The Morgan fingerprint density at radius 3 is 2.57 bits per heavy atom. The van der Waals surface area contributed by atoms with Crippen LogP contribution in [-0.4, -0.2) is 73.1 Å². The number of benzene rings is 3. The lowest BCUT2D eigenvalue weighted by Gasteiger charge is -2.26.